The first kappa shape index (κ1) is 9.90. The standard InChI is InChI=1S/C10H12ClNO2/c11-9-2-1-7(5-12-9)10(13)8-3-4-14-6-8/h1-2,5,8,10,13H,3-4,6H2. The van der Waals surface area contributed by atoms with Gasteiger partial charge in [-0.15, -0.1) is 0 Å². The third kappa shape index (κ3) is 2.05. The minimum atomic E-state index is -0.484. The van der Waals surface area contributed by atoms with Crippen molar-refractivity contribution in [2.75, 3.05) is 13.2 Å². The van der Waals surface area contributed by atoms with Crippen LogP contribution in [-0.2, 0) is 4.74 Å². The van der Waals surface area contributed by atoms with Crippen LogP contribution in [0.3, 0.4) is 0 Å². The predicted molar refractivity (Wildman–Crippen MR) is 53.1 cm³/mol. The number of hydrogen-bond donors (Lipinski definition) is 1. The molecule has 1 N–H and O–H groups in total. The van der Waals surface area contributed by atoms with E-state index in [0.717, 1.165) is 18.6 Å². The Kier molecular flexibility index (Phi) is 3.01. The predicted octanol–water partition coefficient (Wildman–Crippen LogP) is 1.80. The summed E-state index contributed by atoms with van der Waals surface area (Å²) in [4.78, 5) is 3.94. The number of ether oxygens (including phenoxy) is 1. The highest BCUT2D eigenvalue weighted by molar-refractivity contribution is 6.29. The number of rotatable bonds is 2. The van der Waals surface area contributed by atoms with Crippen LogP contribution in [0.2, 0.25) is 5.15 Å². The molecule has 0 aromatic carbocycles. The topological polar surface area (TPSA) is 42.4 Å². The molecule has 14 heavy (non-hydrogen) atoms. The molecular formula is C10H12ClNO2. The van der Waals surface area contributed by atoms with Crippen molar-refractivity contribution in [3.63, 3.8) is 0 Å². The molecule has 1 aromatic heterocycles. The first-order chi connectivity index (χ1) is 6.77. The van der Waals surface area contributed by atoms with Crippen molar-refractivity contribution in [3.8, 4) is 0 Å². The van der Waals surface area contributed by atoms with E-state index in [1.807, 2.05) is 0 Å². The molecule has 2 atom stereocenters. The average molecular weight is 214 g/mol. The molecule has 2 heterocycles. The molecule has 1 aliphatic rings. The van der Waals surface area contributed by atoms with Crippen LogP contribution in [0.25, 0.3) is 0 Å². The van der Waals surface area contributed by atoms with Crippen molar-refractivity contribution in [1.82, 2.24) is 4.98 Å². The SMILES string of the molecule is OC(c1ccc(Cl)nc1)C1CCOC1. The lowest BCUT2D eigenvalue weighted by atomic mass is 9.96. The number of nitrogens with zero attached hydrogens (tertiary/aromatic N) is 1. The molecule has 0 bridgehead atoms. The second kappa shape index (κ2) is 4.26. The minimum Gasteiger partial charge on any atom is -0.388 e. The highest BCUT2D eigenvalue weighted by Gasteiger charge is 2.25. The van der Waals surface area contributed by atoms with Crippen LogP contribution in [0.15, 0.2) is 18.3 Å². The van der Waals surface area contributed by atoms with E-state index in [0.29, 0.717) is 11.8 Å². The Labute approximate surface area is 87.7 Å². The van der Waals surface area contributed by atoms with Crippen LogP contribution in [0.4, 0.5) is 0 Å². The van der Waals surface area contributed by atoms with E-state index < -0.39 is 6.10 Å². The lowest BCUT2D eigenvalue weighted by Crippen LogP contribution is -2.12. The highest BCUT2D eigenvalue weighted by atomic mass is 35.5. The summed E-state index contributed by atoms with van der Waals surface area (Å²) < 4.78 is 5.22. The van der Waals surface area contributed by atoms with Gasteiger partial charge in [-0.05, 0) is 18.1 Å². The summed E-state index contributed by atoms with van der Waals surface area (Å²) in [6.45, 7) is 1.37. The van der Waals surface area contributed by atoms with Gasteiger partial charge in [-0.2, -0.15) is 0 Å². The summed E-state index contributed by atoms with van der Waals surface area (Å²) >= 11 is 5.66. The summed E-state index contributed by atoms with van der Waals surface area (Å²) in [5, 5.41) is 10.4. The van der Waals surface area contributed by atoms with Gasteiger partial charge in [0.15, 0.2) is 0 Å². The van der Waals surface area contributed by atoms with E-state index in [1.165, 1.54) is 0 Å². The van der Waals surface area contributed by atoms with Crippen LogP contribution < -0.4 is 0 Å². The van der Waals surface area contributed by atoms with E-state index in [1.54, 1.807) is 18.3 Å². The molecule has 4 heteroatoms. The van der Waals surface area contributed by atoms with Gasteiger partial charge in [0.05, 0.1) is 12.7 Å². The van der Waals surface area contributed by atoms with Crippen molar-refractivity contribution in [2.24, 2.45) is 5.92 Å². The largest absolute Gasteiger partial charge is 0.388 e. The number of pyridine rings is 1. The van der Waals surface area contributed by atoms with E-state index in [-0.39, 0.29) is 5.92 Å². The van der Waals surface area contributed by atoms with E-state index in [2.05, 4.69) is 4.98 Å². The maximum Gasteiger partial charge on any atom is 0.129 e. The Morgan fingerprint density at radius 3 is 3.00 bits per heavy atom. The van der Waals surface area contributed by atoms with Gasteiger partial charge in [-0.25, -0.2) is 4.98 Å². The van der Waals surface area contributed by atoms with Gasteiger partial charge in [-0.3, -0.25) is 0 Å². The van der Waals surface area contributed by atoms with Crippen LogP contribution in [0.5, 0.6) is 0 Å². The fourth-order valence-corrected chi connectivity index (χ4v) is 1.75. The summed E-state index contributed by atoms with van der Waals surface area (Å²) in [5.74, 6) is 0.193. The summed E-state index contributed by atoms with van der Waals surface area (Å²) in [5.41, 5.74) is 0.810. The van der Waals surface area contributed by atoms with Crippen LogP contribution in [0, 0.1) is 5.92 Å². The van der Waals surface area contributed by atoms with Crippen LogP contribution in [0.1, 0.15) is 18.1 Å². The Morgan fingerprint density at radius 1 is 1.57 bits per heavy atom. The maximum absolute atomic E-state index is 9.95. The Balaban J connectivity index is 2.09. The van der Waals surface area contributed by atoms with Gasteiger partial charge in [0.2, 0.25) is 0 Å². The Morgan fingerprint density at radius 2 is 2.43 bits per heavy atom. The van der Waals surface area contributed by atoms with Gasteiger partial charge in [-0.1, -0.05) is 17.7 Å². The zero-order valence-corrected chi connectivity index (χ0v) is 8.44. The quantitative estimate of drug-likeness (QED) is 0.762. The second-order valence-electron chi connectivity index (χ2n) is 3.48. The normalized spacial score (nSPS) is 23.7. The number of aliphatic hydroxyl groups excluding tert-OH is 1. The van der Waals surface area contributed by atoms with E-state index >= 15 is 0 Å². The molecule has 0 amide bonds. The number of halogens is 1. The monoisotopic (exact) mass is 213 g/mol. The molecule has 0 radical (unpaired) electrons. The Bertz CT molecular complexity index is 295. The van der Waals surface area contributed by atoms with E-state index in [4.69, 9.17) is 16.3 Å². The van der Waals surface area contributed by atoms with Crippen molar-refractivity contribution in [1.29, 1.82) is 0 Å². The third-order valence-electron chi connectivity index (χ3n) is 2.50. The molecule has 1 aliphatic heterocycles. The third-order valence-corrected chi connectivity index (χ3v) is 2.73. The molecule has 1 aromatic rings. The molecule has 0 aliphatic carbocycles. The van der Waals surface area contributed by atoms with Crippen molar-refractivity contribution >= 4 is 11.6 Å². The molecule has 0 spiro atoms. The zero-order chi connectivity index (χ0) is 9.97. The fraction of sp³-hybridized carbons (Fsp3) is 0.500. The molecule has 2 unspecified atom stereocenters. The fourth-order valence-electron chi connectivity index (χ4n) is 1.64. The molecule has 0 saturated carbocycles. The molecule has 76 valence electrons. The number of hydrogen-bond acceptors (Lipinski definition) is 3. The van der Waals surface area contributed by atoms with Crippen LogP contribution in [-0.4, -0.2) is 23.3 Å². The van der Waals surface area contributed by atoms with Gasteiger partial charge >= 0.3 is 0 Å². The highest BCUT2D eigenvalue weighted by Crippen LogP contribution is 2.28. The molecule has 2 rings (SSSR count). The lowest BCUT2D eigenvalue weighted by molar-refractivity contribution is 0.0915. The van der Waals surface area contributed by atoms with Crippen LogP contribution >= 0.6 is 11.6 Å². The summed E-state index contributed by atoms with van der Waals surface area (Å²) in [6.07, 6.45) is 2.04. The number of aliphatic hydroxyl groups is 1. The first-order valence-corrected chi connectivity index (χ1v) is 5.02. The summed E-state index contributed by atoms with van der Waals surface area (Å²) in [7, 11) is 0. The zero-order valence-electron chi connectivity index (χ0n) is 7.69. The Hall–Kier alpha value is -0.640. The molecular weight excluding hydrogens is 202 g/mol. The number of aromatic nitrogens is 1. The average Bonchev–Trinajstić information content (AvgIpc) is 2.71. The molecule has 1 saturated heterocycles. The van der Waals surface area contributed by atoms with Gasteiger partial charge < -0.3 is 9.84 Å². The lowest BCUT2D eigenvalue weighted by Gasteiger charge is -2.15. The van der Waals surface area contributed by atoms with Gasteiger partial charge in [0, 0.05) is 18.7 Å². The maximum atomic E-state index is 9.95. The van der Waals surface area contributed by atoms with Gasteiger partial charge in [0.25, 0.3) is 0 Å². The first-order valence-electron chi connectivity index (χ1n) is 4.64. The minimum absolute atomic E-state index is 0.193. The van der Waals surface area contributed by atoms with Gasteiger partial charge in [0.1, 0.15) is 5.15 Å². The molecule has 3 nitrogen and oxygen atoms in total. The van der Waals surface area contributed by atoms with Crippen molar-refractivity contribution in [3.05, 3.63) is 29.0 Å². The second-order valence-corrected chi connectivity index (χ2v) is 3.87. The van der Waals surface area contributed by atoms with Crippen molar-refractivity contribution in [2.45, 2.75) is 12.5 Å². The summed E-state index contributed by atoms with van der Waals surface area (Å²) in [6, 6.07) is 3.49. The smallest absolute Gasteiger partial charge is 0.129 e. The molecule has 1 fully saturated rings. The van der Waals surface area contributed by atoms with E-state index in [9.17, 15) is 5.11 Å². The van der Waals surface area contributed by atoms with Crippen molar-refractivity contribution < 1.29 is 9.84 Å².